The summed E-state index contributed by atoms with van der Waals surface area (Å²) >= 11 is 0. The van der Waals surface area contributed by atoms with Crippen LogP contribution < -0.4 is 14.8 Å². The molecule has 0 aliphatic heterocycles. The topological polar surface area (TPSA) is 58.9 Å². The largest absolute Gasteiger partial charge is 0.504 e. The van der Waals surface area contributed by atoms with Crippen LogP contribution in [-0.2, 0) is 5.16 Å². The van der Waals surface area contributed by atoms with Gasteiger partial charge in [0.05, 0.1) is 20.3 Å². The van der Waals surface area contributed by atoms with Gasteiger partial charge >= 0.3 is 0 Å². The van der Waals surface area contributed by atoms with E-state index in [0.717, 1.165) is 22.9 Å². The third-order valence-electron chi connectivity index (χ3n) is 4.63. The number of rotatable bonds is 7. The molecule has 0 saturated heterocycles. The van der Waals surface area contributed by atoms with Crippen molar-refractivity contribution in [3.63, 3.8) is 0 Å². The summed E-state index contributed by atoms with van der Waals surface area (Å²) in [5.74, 6) is 1.20. The Morgan fingerprint density at radius 3 is 2.40 bits per heavy atom. The first kappa shape index (κ1) is 19.6. The van der Waals surface area contributed by atoms with Crippen molar-refractivity contribution in [2.75, 3.05) is 14.2 Å². The first-order valence-corrected chi connectivity index (χ1v) is 9.37. The second kappa shape index (κ2) is 8.07. The summed E-state index contributed by atoms with van der Waals surface area (Å²) in [6.07, 6.45) is 0.293. The molecule has 5 heteroatoms. The molecule has 2 aromatic carbocycles. The highest BCUT2D eigenvalue weighted by molar-refractivity contribution is 7.48. The molecule has 0 bridgehead atoms. The molecule has 4 nitrogen and oxygen atoms in total. The number of hydrogen-bond acceptors (Lipinski definition) is 4. The van der Waals surface area contributed by atoms with Crippen LogP contribution in [0.3, 0.4) is 0 Å². The summed E-state index contributed by atoms with van der Waals surface area (Å²) < 4.78 is 10.7. The first-order valence-electron chi connectivity index (χ1n) is 8.37. The van der Waals surface area contributed by atoms with Crippen LogP contribution in [-0.4, -0.2) is 24.4 Å². The molecule has 0 amide bonds. The fourth-order valence-electron chi connectivity index (χ4n) is 2.90. The van der Waals surface area contributed by atoms with Gasteiger partial charge in [-0.3, -0.25) is 0 Å². The highest BCUT2D eigenvalue weighted by Crippen LogP contribution is 2.51. The second-order valence-electron chi connectivity index (χ2n) is 6.30. The molecule has 25 heavy (non-hydrogen) atoms. The lowest BCUT2D eigenvalue weighted by atomic mass is 9.95. The minimum atomic E-state index is -0.529. The van der Waals surface area contributed by atoms with Crippen molar-refractivity contribution in [1.82, 2.24) is 0 Å². The Labute approximate surface area is 151 Å². The number of hydrogen-bond donors (Lipinski definition) is 2. The van der Waals surface area contributed by atoms with Crippen molar-refractivity contribution < 1.29 is 19.7 Å². The van der Waals surface area contributed by atoms with Crippen molar-refractivity contribution >= 4 is 13.9 Å². The molecule has 0 aliphatic carbocycles. The van der Waals surface area contributed by atoms with Crippen molar-refractivity contribution in [3.05, 3.63) is 47.5 Å². The highest BCUT2D eigenvalue weighted by Gasteiger charge is 2.31. The van der Waals surface area contributed by atoms with Gasteiger partial charge in [0.15, 0.2) is 11.5 Å². The molecule has 0 aromatic heterocycles. The van der Waals surface area contributed by atoms with Crippen LogP contribution in [0.5, 0.6) is 17.2 Å². The standard InChI is InChI=1S/C20H27O4P/c1-6-20(3,25-18-10-8-7-9-15(18)13(2)21)16-11-14(23-4)12-17(24-5)19(16)22/h7-13,21-22,25H,6H2,1-5H3. The van der Waals surface area contributed by atoms with Crippen LogP contribution in [0.25, 0.3) is 0 Å². The predicted molar refractivity (Wildman–Crippen MR) is 104 cm³/mol. The fraction of sp³-hybridized carbons (Fsp3) is 0.400. The van der Waals surface area contributed by atoms with Gasteiger partial charge in [-0.2, -0.15) is 0 Å². The van der Waals surface area contributed by atoms with Crippen LogP contribution in [0.4, 0.5) is 0 Å². The normalized spacial score (nSPS) is 15.1. The molecule has 3 atom stereocenters. The van der Waals surface area contributed by atoms with E-state index in [1.165, 1.54) is 7.11 Å². The molecule has 0 radical (unpaired) electrons. The van der Waals surface area contributed by atoms with E-state index in [2.05, 4.69) is 13.8 Å². The minimum absolute atomic E-state index is 0.148. The van der Waals surface area contributed by atoms with Crippen molar-refractivity contribution in [2.45, 2.75) is 38.5 Å². The second-order valence-corrected chi connectivity index (χ2v) is 8.19. The molecule has 0 fully saturated rings. The van der Waals surface area contributed by atoms with Gasteiger partial charge in [0.25, 0.3) is 0 Å². The number of methoxy groups -OCH3 is 2. The van der Waals surface area contributed by atoms with Crippen molar-refractivity contribution in [3.8, 4) is 17.2 Å². The smallest absolute Gasteiger partial charge is 0.164 e. The number of phenols is 1. The monoisotopic (exact) mass is 362 g/mol. The Balaban J connectivity index is 2.55. The predicted octanol–water partition coefficient (Wildman–Crippen LogP) is 4.09. The summed E-state index contributed by atoms with van der Waals surface area (Å²) in [7, 11) is 3.51. The average molecular weight is 362 g/mol. The number of aromatic hydroxyl groups is 1. The van der Waals surface area contributed by atoms with Crippen LogP contribution in [0.2, 0.25) is 0 Å². The van der Waals surface area contributed by atoms with Gasteiger partial charge in [0, 0.05) is 16.8 Å². The molecular formula is C20H27O4P. The van der Waals surface area contributed by atoms with E-state index in [1.807, 2.05) is 30.3 Å². The van der Waals surface area contributed by atoms with Gasteiger partial charge in [-0.1, -0.05) is 46.7 Å². The Hall–Kier alpha value is -1.77. The van der Waals surface area contributed by atoms with Gasteiger partial charge < -0.3 is 19.7 Å². The van der Waals surface area contributed by atoms with Crippen LogP contribution in [0.15, 0.2) is 36.4 Å². The van der Waals surface area contributed by atoms with E-state index in [4.69, 9.17) is 9.47 Å². The maximum absolute atomic E-state index is 10.7. The van der Waals surface area contributed by atoms with Gasteiger partial charge in [-0.05, 0) is 30.3 Å². The van der Waals surface area contributed by atoms with Crippen LogP contribution >= 0.6 is 8.58 Å². The van der Waals surface area contributed by atoms with Crippen molar-refractivity contribution in [1.29, 1.82) is 0 Å². The maximum atomic E-state index is 10.7. The molecule has 0 aliphatic rings. The fourth-order valence-corrected chi connectivity index (χ4v) is 4.61. The quantitative estimate of drug-likeness (QED) is 0.729. The summed E-state index contributed by atoms with van der Waals surface area (Å²) in [4.78, 5) is 0. The zero-order valence-electron chi connectivity index (χ0n) is 15.5. The van der Waals surface area contributed by atoms with E-state index >= 15 is 0 Å². The van der Waals surface area contributed by atoms with Crippen LogP contribution in [0.1, 0.15) is 44.4 Å². The zero-order valence-corrected chi connectivity index (χ0v) is 16.5. The molecule has 0 heterocycles. The van der Waals surface area contributed by atoms with Gasteiger partial charge in [-0.25, -0.2) is 0 Å². The number of ether oxygens (including phenoxy) is 2. The lowest BCUT2D eigenvalue weighted by molar-refractivity contribution is 0.200. The zero-order chi connectivity index (χ0) is 18.6. The van der Waals surface area contributed by atoms with E-state index in [9.17, 15) is 10.2 Å². The van der Waals surface area contributed by atoms with Crippen LogP contribution in [0, 0.1) is 0 Å². The molecule has 0 saturated carbocycles. The summed E-state index contributed by atoms with van der Waals surface area (Å²) in [6.45, 7) is 6.00. The first-order chi connectivity index (χ1) is 11.9. The summed E-state index contributed by atoms with van der Waals surface area (Å²) in [6, 6.07) is 11.5. The molecule has 2 N–H and O–H groups in total. The molecule has 2 rings (SSSR count). The highest BCUT2D eigenvalue weighted by atomic mass is 31.1. The number of phenolic OH excluding ortho intramolecular Hbond substituents is 1. The molecule has 0 spiro atoms. The number of benzene rings is 2. The van der Waals surface area contributed by atoms with Crippen molar-refractivity contribution in [2.24, 2.45) is 0 Å². The molecule has 2 aromatic rings. The van der Waals surface area contributed by atoms with Gasteiger partial charge in [0.2, 0.25) is 0 Å². The Kier molecular flexibility index (Phi) is 6.31. The lowest BCUT2D eigenvalue weighted by Gasteiger charge is -2.31. The Morgan fingerprint density at radius 1 is 1.16 bits per heavy atom. The average Bonchev–Trinajstić information content (AvgIpc) is 2.62. The molecular weight excluding hydrogens is 335 g/mol. The summed E-state index contributed by atoms with van der Waals surface area (Å²) in [5.41, 5.74) is 1.72. The number of aliphatic hydroxyl groups is 1. The molecule has 136 valence electrons. The lowest BCUT2D eigenvalue weighted by Crippen LogP contribution is -2.21. The maximum Gasteiger partial charge on any atom is 0.164 e. The van der Waals surface area contributed by atoms with E-state index in [0.29, 0.717) is 20.1 Å². The Morgan fingerprint density at radius 2 is 1.84 bits per heavy atom. The summed E-state index contributed by atoms with van der Waals surface area (Å²) in [5, 5.41) is 21.6. The van der Waals surface area contributed by atoms with E-state index in [-0.39, 0.29) is 10.9 Å². The SMILES string of the molecule is CCC(C)(Pc1ccccc1C(C)O)c1cc(OC)cc(OC)c1O. The number of aliphatic hydroxyl groups excluding tert-OH is 1. The molecule has 3 unspecified atom stereocenters. The minimum Gasteiger partial charge on any atom is -0.504 e. The van der Waals surface area contributed by atoms with E-state index in [1.54, 1.807) is 20.1 Å². The third-order valence-corrected chi connectivity index (χ3v) is 6.53. The third kappa shape index (κ3) is 4.08. The van der Waals surface area contributed by atoms with E-state index < -0.39 is 6.10 Å². The van der Waals surface area contributed by atoms with Gasteiger partial charge in [-0.15, -0.1) is 0 Å². The Bertz CT molecular complexity index is 730. The van der Waals surface area contributed by atoms with Gasteiger partial charge in [0.1, 0.15) is 5.75 Å².